The average Bonchev–Trinajstić information content (AvgIpc) is 2.84. The van der Waals surface area contributed by atoms with Crippen LogP contribution >= 0.6 is 0 Å². The molecule has 2 amide bonds. The summed E-state index contributed by atoms with van der Waals surface area (Å²) in [7, 11) is 0. The fourth-order valence-electron chi connectivity index (χ4n) is 1.71. The summed E-state index contributed by atoms with van der Waals surface area (Å²) in [5.74, 6) is -2.09. The number of carboxylic acids is 1. The predicted molar refractivity (Wildman–Crippen MR) is 68.6 cm³/mol. The molecule has 0 atom stereocenters. The Bertz CT molecular complexity index is 499. The van der Waals surface area contributed by atoms with Gasteiger partial charge < -0.3 is 21.5 Å². The molecule has 20 heavy (non-hydrogen) atoms. The molecule has 1 heterocycles. The number of aromatic carboxylic acids is 1. The van der Waals surface area contributed by atoms with Gasteiger partial charge in [0.2, 0.25) is 11.8 Å². The lowest BCUT2D eigenvalue weighted by molar-refractivity contribution is -0.134. The van der Waals surface area contributed by atoms with Crippen molar-refractivity contribution >= 4 is 17.8 Å². The van der Waals surface area contributed by atoms with E-state index in [1.165, 1.54) is 21.8 Å². The van der Waals surface area contributed by atoms with Crippen molar-refractivity contribution in [3.8, 4) is 0 Å². The van der Waals surface area contributed by atoms with Gasteiger partial charge in [-0.25, -0.2) is 4.79 Å². The number of aromatic nitrogens is 2. The number of carboxylic acid groups (broad SMARTS) is 1. The van der Waals surface area contributed by atoms with Crippen molar-refractivity contribution in [2.24, 2.45) is 11.5 Å². The van der Waals surface area contributed by atoms with Crippen LogP contribution in [0.1, 0.15) is 16.9 Å². The number of hydrogen-bond acceptors (Lipinski definition) is 5. The topological polar surface area (TPSA) is 145 Å². The van der Waals surface area contributed by atoms with E-state index in [1.807, 2.05) is 0 Å². The largest absolute Gasteiger partial charge is 0.477 e. The lowest BCUT2D eigenvalue weighted by Crippen LogP contribution is -2.42. The second-order valence-electron chi connectivity index (χ2n) is 4.08. The highest BCUT2D eigenvalue weighted by atomic mass is 16.4. The maximum absolute atomic E-state index is 11.5. The van der Waals surface area contributed by atoms with E-state index in [4.69, 9.17) is 16.6 Å². The minimum absolute atomic E-state index is 0.0663. The number of nitrogens with two attached hydrogens (primary N) is 2. The number of hydrogen-bond donors (Lipinski definition) is 3. The van der Waals surface area contributed by atoms with Crippen LogP contribution in [0.3, 0.4) is 0 Å². The Labute approximate surface area is 115 Å². The van der Waals surface area contributed by atoms with E-state index in [0.717, 1.165) is 0 Å². The van der Waals surface area contributed by atoms with Gasteiger partial charge in [0.15, 0.2) is 0 Å². The molecule has 9 nitrogen and oxygen atoms in total. The zero-order valence-corrected chi connectivity index (χ0v) is 10.9. The van der Waals surface area contributed by atoms with Crippen LogP contribution in [0.4, 0.5) is 0 Å². The monoisotopic (exact) mass is 283 g/mol. The molecule has 0 radical (unpaired) electrons. The quantitative estimate of drug-likeness (QED) is 0.515. The highest BCUT2D eigenvalue weighted by Crippen LogP contribution is 2.01. The minimum Gasteiger partial charge on any atom is -0.477 e. The van der Waals surface area contributed by atoms with Crippen LogP contribution in [-0.4, -0.2) is 57.2 Å². The average molecular weight is 283 g/mol. The fourth-order valence-corrected chi connectivity index (χ4v) is 1.71. The lowest BCUT2D eigenvalue weighted by atomic mass is 10.3. The lowest BCUT2D eigenvalue weighted by Gasteiger charge is -2.20. The number of aryl methyl sites for hydroxylation is 1. The normalized spacial score (nSPS) is 10.2. The first kappa shape index (κ1) is 15.6. The standard InChI is InChI=1S/C11H17N5O4/c12-6-10(18)15(7-9(13)17)4-1-5-16-8(11(19)20)2-3-14-16/h2-3H,1,4-7,12H2,(H2,13,17)(H,19,20). The maximum atomic E-state index is 11.5. The number of nitrogens with zero attached hydrogens (tertiary/aromatic N) is 3. The number of carbonyl (C=O) groups excluding carboxylic acids is 2. The molecule has 0 saturated heterocycles. The fraction of sp³-hybridized carbons (Fsp3) is 0.455. The molecule has 0 saturated carbocycles. The van der Waals surface area contributed by atoms with Crippen molar-refractivity contribution < 1.29 is 19.5 Å². The van der Waals surface area contributed by atoms with Crippen LogP contribution in [0.5, 0.6) is 0 Å². The van der Waals surface area contributed by atoms with Gasteiger partial charge in [0.25, 0.3) is 0 Å². The van der Waals surface area contributed by atoms with Gasteiger partial charge in [0.1, 0.15) is 5.69 Å². The molecule has 0 fully saturated rings. The molecule has 0 aliphatic carbocycles. The third-order valence-corrected chi connectivity index (χ3v) is 2.61. The van der Waals surface area contributed by atoms with Gasteiger partial charge in [0.05, 0.1) is 13.1 Å². The van der Waals surface area contributed by atoms with Gasteiger partial charge in [-0.3, -0.25) is 14.3 Å². The van der Waals surface area contributed by atoms with Gasteiger partial charge in [-0.2, -0.15) is 5.10 Å². The summed E-state index contributed by atoms with van der Waals surface area (Å²) in [5.41, 5.74) is 10.4. The molecule has 0 aliphatic rings. The van der Waals surface area contributed by atoms with Crippen molar-refractivity contribution in [1.29, 1.82) is 0 Å². The van der Waals surface area contributed by atoms with E-state index in [1.54, 1.807) is 0 Å². The Morgan fingerprint density at radius 1 is 1.40 bits per heavy atom. The van der Waals surface area contributed by atoms with Crippen LogP contribution < -0.4 is 11.5 Å². The van der Waals surface area contributed by atoms with Gasteiger partial charge >= 0.3 is 5.97 Å². The van der Waals surface area contributed by atoms with Crippen molar-refractivity contribution in [1.82, 2.24) is 14.7 Å². The smallest absolute Gasteiger partial charge is 0.354 e. The summed E-state index contributed by atoms with van der Waals surface area (Å²) in [6, 6.07) is 1.38. The Hall–Kier alpha value is -2.42. The first-order chi connectivity index (χ1) is 9.45. The molecule has 0 aromatic carbocycles. The summed E-state index contributed by atoms with van der Waals surface area (Å²) in [6.07, 6.45) is 1.82. The van der Waals surface area contributed by atoms with Gasteiger partial charge in [0, 0.05) is 19.3 Å². The first-order valence-electron chi connectivity index (χ1n) is 5.97. The Morgan fingerprint density at radius 3 is 2.65 bits per heavy atom. The number of rotatable bonds is 8. The highest BCUT2D eigenvalue weighted by Gasteiger charge is 2.15. The molecule has 110 valence electrons. The molecule has 0 unspecified atom stereocenters. The number of primary amides is 1. The van der Waals surface area contributed by atoms with Crippen LogP contribution in [-0.2, 0) is 16.1 Å². The predicted octanol–water partition coefficient (Wildman–Crippen LogP) is -1.76. The number of amides is 2. The Morgan fingerprint density at radius 2 is 2.10 bits per heavy atom. The molecule has 0 spiro atoms. The van der Waals surface area contributed by atoms with Crippen molar-refractivity contribution in [2.45, 2.75) is 13.0 Å². The van der Waals surface area contributed by atoms with E-state index < -0.39 is 11.9 Å². The second-order valence-corrected chi connectivity index (χ2v) is 4.08. The van der Waals surface area contributed by atoms with Crippen LogP contribution in [0.25, 0.3) is 0 Å². The molecule has 0 bridgehead atoms. The summed E-state index contributed by atoms with van der Waals surface area (Å²) in [5, 5.41) is 12.8. The van der Waals surface area contributed by atoms with Gasteiger partial charge in [-0.05, 0) is 12.5 Å². The van der Waals surface area contributed by atoms with Gasteiger partial charge in [-0.1, -0.05) is 0 Å². The van der Waals surface area contributed by atoms with Crippen LogP contribution in [0, 0.1) is 0 Å². The van der Waals surface area contributed by atoms with Crippen molar-refractivity contribution in [2.75, 3.05) is 19.6 Å². The Balaban J connectivity index is 2.55. The molecule has 0 aliphatic heterocycles. The molecular weight excluding hydrogens is 266 g/mol. The maximum Gasteiger partial charge on any atom is 0.354 e. The highest BCUT2D eigenvalue weighted by molar-refractivity contribution is 5.85. The summed E-state index contributed by atoms with van der Waals surface area (Å²) >= 11 is 0. The summed E-state index contributed by atoms with van der Waals surface area (Å²) < 4.78 is 1.32. The third kappa shape index (κ3) is 4.35. The molecular formula is C11H17N5O4. The van der Waals surface area contributed by atoms with Crippen molar-refractivity contribution in [3.63, 3.8) is 0 Å². The zero-order chi connectivity index (χ0) is 15.1. The van der Waals surface area contributed by atoms with Gasteiger partial charge in [-0.15, -0.1) is 0 Å². The summed E-state index contributed by atoms with van der Waals surface area (Å²) in [4.78, 5) is 34.5. The van der Waals surface area contributed by atoms with E-state index >= 15 is 0 Å². The van der Waals surface area contributed by atoms with Crippen LogP contribution in [0.15, 0.2) is 12.3 Å². The van der Waals surface area contributed by atoms with E-state index in [0.29, 0.717) is 13.0 Å². The molecule has 5 N–H and O–H groups in total. The van der Waals surface area contributed by atoms with Crippen molar-refractivity contribution in [3.05, 3.63) is 18.0 Å². The first-order valence-corrected chi connectivity index (χ1v) is 5.97. The van der Waals surface area contributed by atoms with E-state index in [-0.39, 0.29) is 31.2 Å². The summed E-state index contributed by atoms with van der Waals surface area (Å²) in [6.45, 7) is 0.135. The molecule has 9 heteroatoms. The molecule has 1 rings (SSSR count). The molecule has 1 aromatic heterocycles. The van der Waals surface area contributed by atoms with Crippen LogP contribution in [0.2, 0.25) is 0 Å². The Kier molecular flexibility index (Phi) is 5.66. The SMILES string of the molecule is NCC(=O)N(CCCn1nccc1C(=O)O)CC(N)=O. The minimum atomic E-state index is -1.07. The van der Waals surface area contributed by atoms with E-state index in [2.05, 4.69) is 5.10 Å². The third-order valence-electron chi connectivity index (χ3n) is 2.61. The number of carbonyl (C=O) groups is 3. The second kappa shape index (κ2) is 7.24. The zero-order valence-electron chi connectivity index (χ0n) is 10.9. The molecule has 1 aromatic rings. The van der Waals surface area contributed by atoms with E-state index in [9.17, 15) is 14.4 Å².